The molecule has 2 aromatic rings. The molecule has 0 saturated carbocycles. The van der Waals surface area contributed by atoms with Gasteiger partial charge in [-0.3, -0.25) is 4.79 Å². The first-order valence-corrected chi connectivity index (χ1v) is 7.30. The first-order valence-electron chi connectivity index (χ1n) is 5.78. The number of phenols is 1. The highest BCUT2D eigenvalue weighted by molar-refractivity contribution is 6.37. The monoisotopic (exact) mass is 363 g/mol. The Kier molecular flexibility index (Phi) is 5.22. The molecule has 0 radical (unpaired) electrons. The van der Waals surface area contributed by atoms with Gasteiger partial charge in [-0.05, 0) is 29.8 Å². The summed E-state index contributed by atoms with van der Waals surface area (Å²) in [5, 5.41) is 13.1. The highest BCUT2D eigenvalue weighted by Gasteiger charge is 2.12. The van der Waals surface area contributed by atoms with Gasteiger partial charge in [0.05, 0.1) is 10.0 Å². The van der Waals surface area contributed by atoms with Crippen molar-refractivity contribution in [3.05, 3.63) is 61.5 Å². The van der Waals surface area contributed by atoms with Gasteiger partial charge in [-0.2, -0.15) is 0 Å². The lowest BCUT2D eigenvalue weighted by Crippen LogP contribution is -2.22. The van der Waals surface area contributed by atoms with E-state index in [0.29, 0.717) is 10.0 Å². The SMILES string of the molecule is O=C(NCc1ccc(Cl)cc1Cl)c1cc(Cl)c(O)c(Cl)c1. The van der Waals surface area contributed by atoms with Gasteiger partial charge in [0.25, 0.3) is 5.91 Å². The minimum Gasteiger partial charge on any atom is -0.505 e. The summed E-state index contributed by atoms with van der Waals surface area (Å²) in [4.78, 5) is 12.0. The normalized spacial score (nSPS) is 10.5. The van der Waals surface area contributed by atoms with Gasteiger partial charge < -0.3 is 10.4 Å². The van der Waals surface area contributed by atoms with Gasteiger partial charge in [0.15, 0.2) is 5.75 Å². The molecular weight excluding hydrogens is 356 g/mol. The van der Waals surface area contributed by atoms with Gasteiger partial charge in [0.1, 0.15) is 0 Å². The predicted molar refractivity (Wildman–Crippen MR) is 85.8 cm³/mol. The molecule has 3 nitrogen and oxygen atoms in total. The lowest BCUT2D eigenvalue weighted by Gasteiger charge is -2.09. The quantitative estimate of drug-likeness (QED) is 0.810. The van der Waals surface area contributed by atoms with Crippen LogP contribution in [0, 0.1) is 0 Å². The molecule has 0 unspecified atom stereocenters. The van der Waals surface area contributed by atoms with Crippen LogP contribution < -0.4 is 5.32 Å². The van der Waals surface area contributed by atoms with Crippen molar-refractivity contribution in [3.63, 3.8) is 0 Å². The summed E-state index contributed by atoms with van der Waals surface area (Å²) in [7, 11) is 0. The molecule has 2 aromatic carbocycles. The van der Waals surface area contributed by atoms with E-state index in [2.05, 4.69) is 5.32 Å². The Labute approximate surface area is 141 Å². The molecular formula is C14H9Cl4NO2. The maximum atomic E-state index is 12.0. The fraction of sp³-hybridized carbons (Fsp3) is 0.0714. The second kappa shape index (κ2) is 6.75. The standard InChI is InChI=1S/C14H9Cl4NO2/c15-9-2-1-7(10(16)5-9)6-19-14(21)8-3-11(17)13(20)12(18)4-8/h1-5,20H,6H2,(H,19,21). The van der Waals surface area contributed by atoms with Crippen LogP contribution in [0.2, 0.25) is 20.1 Å². The van der Waals surface area contributed by atoms with Crippen LogP contribution in [0.1, 0.15) is 15.9 Å². The molecule has 0 heterocycles. The molecule has 0 aliphatic carbocycles. The van der Waals surface area contributed by atoms with E-state index in [1.165, 1.54) is 12.1 Å². The van der Waals surface area contributed by atoms with Crippen LogP contribution in [0.5, 0.6) is 5.75 Å². The van der Waals surface area contributed by atoms with Gasteiger partial charge in [-0.15, -0.1) is 0 Å². The largest absolute Gasteiger partial charge is 0.505 e. The minimum absolute atomic E-state index is 0.0113. The first-order chi connectivity index (χ1) is 9.88. The third-order valence-electron chi connectivity index (χ3n) is 2.73. The van der Waals surface area contributed by atoms with Crippen molar-refractivity contribution >= 4 is 52.3 Å². The van der Waals surface area contributed by atoms with Crippen LogP contribution in [0.25, 0.3) is 0 Å². The van der Waals surface area contributed by atoms with Gasteiger partial charge in [-0.25, -0.2) is 0 Å². The fourth-order valence-corrected chi connectivity index (χ4v) is 2.60. The maximum Gasteiger partial charge on any atom is 0.251 e. The zero-order valence-electron chi connectivity index (χ0n) is 10.5. The van der Waals surface area contributed by atoms with Crippen molar-refractivity contribution in [1.29, 1.82) is 0 Å². The summed E-state index contributed by atoms with van der Waals surface area (Å²) in [6.45, 7) is 0.227. The molecule has 2 rings (SSSR count). The van der Waals surface area contributed by atoms with E-state index in [9.17, 15) is 9.90 Å². The molecule has 0 spiro atoms. The van der Waals surface area contributed by atoms with Gasteiger partial charge >= 0.3 is 0 Å². The number of carbonyl (C=O) groups excluding carboxylic acids is 1. The molecule has 2 N–H and O–H groups in total. The average Bonchev–Trinajstić information content (AvgIpc) is 2.43. The van der Waals surface area contributed by atoms with Crippen LogP contribution in [-0.2, 0) is 6.54 Å². The van der Waals surface area contributed by atoms with Gasteiger partial charge in [0.2, 0.25) is 0 Å². The number of hydrogen-bond acceptors (Lipinski definition) is 2. The van der Waals surface area contributed by atoms with Gasteiger partial charge in [-0.1, -0.05) is 52.5 Å². The predicted octanol–water partition coefficient (Wildman–Crippen LogP) is 4.94. The first kappa shape index (κ1) is 16.2. The van der Waals surface area contributed by atoms with Crippen molar-refractivity contribution in [1.82, 2.24) is 5.32 Å². The average molecular weight is 365 g/mol. The van der Waals surface area contributed by atoms with Crippen molar-refractivity contribution < 1.29 is 9.90 Å². The summed E-state index contributed by atoms with van der Waals surface area (Å²) in [5.74, 6) is -0.638. The Morgan fingerprint density at radius 1 is 1.00 bits per heavy atom. The van der Waals surface area contributed by atoms with E-state index in [4.69, 9.17) is 46.4 Å². The van der Waals surface area contributed by atoms with Crippen molar-refractivity contribution in [2.24, 2.45) is 0 Å². The molecule has 0 aromatic heterocycles. The summed E-state index contributed by atoms with van der Waals surface area (Å²) in [6.07, 6.45) is 0. The zero-order valence-corrected chi connectivity index (χ0v) is 13.5. The van der Waals surface area contributed by atoms with Crippen LogP contribution in [0.15, 0.2) is 30.3 Å². The minimum atomic E-state index is -0.384. The maximum absolute atomic E-state index is 12.0. The molecule has 0 aliphatic rings. The van der Waals surface area contributed by atoms with Crippen molar-refractivity contribution in [3.8, 4) is 5.75 Å². The van der Waals surface area contributed by atoms with Crippen molar-refractivity contribution in [2.75, 3.05) is 0 Å². The summed E-state index contributed by atoms with van der Waals surface area (Å²) in [6, 6.07) is 7.67. The molecule has 0 atom stereocenters. The molecule has 0 bridgehead atoms. The van der Waals surface area contributed by atoms with E-state index in [1.54, 1.807) is 18.2 Å². The van der Waals surface area contributed by atoms with Crippen LogP contribution in [0.4, 0.5) is 0 Å². The lowest BCUT2D eigenvalue weighted by atomic mass is 10.2. The molecule has 21 heavy (non-hydrogen) atoms. The highest BCUT2D eigenvalue weighted by Crippen LogP contribution is 2.32. The number of carbonyl (C=O) groups is 1. The zero-order chi connectivity index (χ0) is 15.6. The van der Waals surface area contributed by atoms with Crippen LogP contribution in [0.3, 0.4) is 0 Å². The van der Waals surface area contributed by atoms with E-state index >= 15 is 0 Å². The third-order valence-corrected chi connectivity index (χ3v) is 3.90. The molecule has 0 fully saturated rings. The number of halogens is 4. The van der Waals surface area contributed by atoms with E-state index in [0.717, 1.165) is 5.56 Å². The topological polar surface area (TPSA) is 49.3 Å². The number of rotatable bonds is 3. The molecule has 7 heteroatoms. The number of benzene rings is 2. The number of phenolic OH excluding ortho intramolecular Hbond substituents is 1. The van der Waals surface area contributed by atoms with Gasteiger partial charge in [0, 0.05) is 22.2 Å². The Balaban J connectivity index is 2.12. The summed E-state index contributed by atoms with van der Waals surface area (Å²) < 4.78 is 0. The van der Waals surface area contributed by atoms with Crippen molar-refractivity contribution in [2.45, 2.75) is 6.54 Å². The number of aromatic hydroxyl groups is 1. The van der Waals surface area contributed by atoms with Crippen LogP contribution in [-0.4, -0.2) is 11.0 Å². The lowest BCUT2D eigenvalue weighted by molar-refractivity contribution is 0.0951. The number of amides is 1. The van der Waals surface area contributed by atoms with E-state index in [1.807, 2.05) is 0 Å². The smallest absolute Gasteiger partial charge is 0.251 e. The second-order valence-corrected chi connectivity index (χ2v) is 5.86. The third kappa shape index (κ3) is 3.95. The molecule has 110 valence electrons. The second-order valence-electron chi connectivity index (χ2n) is 4.21. The number of hydrogen-bond donors (Lipinski definition) is 2. The fourth-order valence-electron chi connectivity index (χ4n) is 1.64. The summed E-state index contributed by atoms with van der Waals surface area (Å²) >= 11 is 23.4. The van der Waals surface area contributed by atoms with Crippen LogP contribution >= 0.6 is 46.4 Å². The Morgan fingerprint density at radius 3 is 2.19 bits per heavy atom. The Bertz CT molecular complexity index is 680. The number of nitrogens with one attached hydrogen (secondary N) is 1. The molecule has 0 saturated heterocycles. The van der Waals surface area contributed by atoms with E-state index in [-0.39, 0.29) is 33.8 Å². The molecule has 0 aliphatic heterocycles. The highest BCUT2D eigenvalue weighted by atomic mass is 35.5. The Hall–Kier alpha value is -1.13. The molecule has 1 amide bonds. The van der Waals surface area contributed by atoms with E-state index < -0.39 is 0 Å². The summed E-state index contributed by atoms with van der Waals surface area (Å²) in [5.41, 5.74) is 0.971. The Morgan fingerprint density at radius 2 is 1.62 bits per heavy atom.